The Morgan fingerprint density at radius 3 is 2.27 bits per heavy atom. The van der Waals surface area contributed by atoms with E-state index in [-0.39, 0.29) is 23.8 Å². The second-order valence-electron chi connectivity index (χ2n) is 9.96. The molecule has 2 amide bonds. The molecule has 1 unspecified atom stereocenters. The van der Waals surface area contributed by atoms with Gasteiger partial charge in [-0.2, -0.15) is 0 Å². The maximum absolute atomic E-state index is 13.9. The van der Waals surface area contributed by atoms with Crippen molar-refractivity contribution >= 4 is 23.2 Å². The minimum atomic E-state index is -0.164. The Bertz CT molecular complexity index is 1200. The highest BCUT2D eigenvalue weighted by Crippen LogP contribution is 2.31. The van der Waals surface area contributed by atoms with Gasteiger partial charge in [-0.1, -0.05) is 43.2 Å². The fourth-order valence-electron chi connectivity index (χ4n) is 5.04. The van der Waals surface area contributed by atoms with Crippen molar-refractivity contribution in [3.05, 3.63) is 89.5 Å². The average Bonchev–Trinajstić information content (AvgIpc) is 3.47. The molecule has 0 saturated heterocycles. The van der Waals surface area contributed by atoms with E-state index in [9.17, 15) is 9.59 Å². The molecular formula is C31H37N3O3. The Morgan fingerprint density at radius 2 is 1.65 bits per heavy atom. The maximum Gasteiger partial charge on any atom is 0.254 e. The minimum absolute atomic E-state index is 0.0656. The zero-order valence-electron chi connectivity index (χ0n) is 22.2. The van der Waals surface area contributed by atoms with E-state index in [2.05, 4.69) is 12.2 Å². The number of nitrogens with zero attached hydrogens (tertiary/aromatic N) is 2. The number of nitrogens with one attached hydrogen (secondary N) is 1. The molecule has 0 bridgehead atoms. The van der Waals surface area contributed by atoms with Crippen molar-refractivity contribution in [3.8, 4) is 5.75 Å². The lowest BCUT2D eigenvalue weighted by Gasteiger charge is -2.32. The van der Waals surface area contributed by atoms with Crippen molar-refractivity contribution in [2.45, 2.75) is 45.2 Å². The smallest absolute Gasteiger partial charge is 0.254 e. The largest absolute Gasteiger partial charge is 0.497 e. The van der Waals surface area contributed by atoms with Crippen LogP contribution in [0.3, 0.4) is 0 Å². The predicted octanol–water partition coefficient (Wildman–Crippen LogP) is 6.29. The van der Waals surface area contributed by atoms with Crippen molar-refractivity contribution < 1.29 is 14.3 Å². The van der Waals surface area contributed by atoms with Crippen molar-refractivity contribution in [2.24, 2.45) is 5.92 Å². The highest BCUT2D eigenvalue weighted by Gasteiger charge is 2.26. The summed E-state index contributed by atoms with van der Waals surface area (Å²) < 4.78 is 5.28. The van der Waals surface area contributed by atoms with Crippen LogP contribution in [0, 0.1) is 5.92 Å². The van der Waals surface area contributed by atoms with Crippen LogP contribution in [0.1, 0.15) is 60.1 Å². The number of amides is 2. The second kappa shape index (κ2) is 12.0. The molecule has 4 rings (SSSR count). The standard InChI is InChI=1S/C31H37N3O3/c1-22(23-10-6-5-7-11-23)34(31(36)25-14-17-28(37-4)18-15-25)21-26-20-27(16-19-29(26)33(2)3)32-30(35)24-12-8-9-13-24/h5-7,10-11,14-20,22,24H,8-9,12-13,21H2,1-4H3,(H,32,35). The molecule has 1 fully saturated rings. The second-order valence-corrected chi connectivity index (χ2v) is 9.96. The van der Waals surface area contributed by atoms with E-state index in [0.717, 1.165) is 48.2 Å². The fraction of sp³-hybridized carbons (Fsp3) is 0.355. The van der Waals surface area contributed by atoms with E-state index >= 15 is 0 Å². The lowest BCUT2D eigenvalue weighted by molar-refractivity contribution is -0.119. The van der Waals surface area contributed by atoms with Crippen molar-refractivity contribution in [1.82, 2.24) is 4.90 Å². The first-order valence-electron chi connectivity index (χ1n) is 13.0. The van der Waals surface area contributed by atoms with Crippen LogP contribution >= 0.6 is 0 Å². The first-order chi connectivity index (χ1) is 17.9. The molecular weight excluding hydrogens is 462 g/mol. The molecule has 1 aliphatic carbocycles. The van der Waals surface area contributed by atoms with Gasteiger partial charge in [0.25, 0.3) is 5.91 Å². The van der Waals surface area contributed by atoms with Crippen LogP contribution in [-0.4, -0.2) is 37.9 Å². The fourth-order valence-corrected chi connectivity index (χ4v) is 5.04. The minimum Gasteiger partial charge on any atom is -0.497 e. The van der Waals surface area contributed by atoms with Crippen LogP contribution < -0.4 is 15.0 Å². The number of anilines is 2. The maximum atomic E-state index is 13.9. The van der Waals surface area contributed by atoms with Crippen molar-refractivity contribution in [3.63, 3.8) is 0 Å². The zero-order valence-corrected chi connectivity index (χ0v) is 22.2. The van der Waals surface area contributed by atoms with Crippen molar-refractivity contribution in [1.29, 1.82) is 0 Å². The Labute approximate surface area is 220 Å². The van der Waals surface area contributed by atoms with E-state index < -0.39 is 0 Å². The number of carbonyl (C=O) groups is 2. The summed E-state index contributed by atoms with van der Waals surface area (Å²) in [6.07, 6.45) is 4.13. The van der Waals surface area contributed by atoms with E-state index in [1.165, 1.54) is 0 Å². The molecule has 1 atom stereocenters. The van der Waals surface area contributed by atoms with Crippen molar-refractivity contribution in [2.75, 3.05) is 31.4 Å². The third kappa shape index (κ3) is 6.31. The van der Waals surface area contributed by atoms with Crippen LogP contribution in [0.4, 0.5) is 11.4 Å². The highest BCUT2D eigenvalue weighted by molar-refractivity contribution is 5.95. The Balaban J connectivity index is 1.67. The molecule has 6 nitrogen and oxygen atoms in total. The lowest BCUT2D eigenvalue weighted by Crippen LogP contribution is -2.34. The number of benzene rings is 3. The number of rotatable bonds is 9. The third-order valence-electron chi connectivity index (χ3n) is 7.24. The molecule has 6 heteroatoms. The molecule has 3 aromatic rings. The van der Waals surface area contributed by atoms with Crippen LogP contribution in [-0.2, 0) is 11.3 Å². The van der Waals surface area contributed by atoms with Gasteiger partial charge in [0.2, 0.25) is 5.91 Å². The summed E-state index contributed by atoms with van der Waals surface area (Å²) in [6, 6.07) is 23.1. The molecule has 1 aliphatic rings. The summed E-state index contributed by atoms with van der Waals surface area (Å²) >= 11 is 0. The summed E-state index contributed by atoms with van der Waals surface area (Å²) in [5.41, 5.74) is 4.40. The van der Waals surface area contributed by atoms with Gasteiger partial charge in [0, 0.05) is 43.5 Å². The monoisotopic (exact) mass is 499 g/mol. The van der Waals surface area contributed by atoms with Crippen LogP contribution in [0.2, 0.25) is 0 Å². The van der Waals surface area contributed by atoms with Gasteiger partial charge in [0.05, 0.1) is 13.2 Å². The van der Waals surface area contributed by atoms with Crippen LogP contribution in [0.15, 0.2) is 72.8 Å². The van der Waals surface area contributed by atoms with Crippen LogP contribution in [0.25, 0.3) is 0 Å². The SMILES string of the molecule is COc1ccc(C(=O)N(Cc2cc(NC(=O)C3CCCC3)ccc2N(C)C)C(C)c2ccccc2)cc1. The first kappa shape index (κ1) is 26.3. The van der Waals surface area contributed by atoms with E-state index in [1.807, 2.05) is 84.6 Å². The van der Waals surface area contributed by atoms with Gasteiger partial charge in [0.15, 0.2) is 0 Å². The molecule has 3 aromatic carbocycles. The van der Waals surface area contributed by atoms with Gasteiger partial charge >= 0.3 is 0 Å². The highest BCUT2D eigenvalue weighted by atomic mass is 16.5. The van der Waals surface area contributed by atoms with E-state index in [0.29, 0.717) is 17.9 Å². The number of carbonyl (C=O) groups excluding carboxylic acids is 2. The van der Waals surface area contributed by atoms with Gasteiger partial charge in [-0.25, -0.2) is 0 Å². The summed E-state index contributed by atoms with van der Waals surface area (Å²) in [7, 11) is 5.60. The Kier molecular flexibility index (Phi) is 8.49. The summed E-state index contributed by atoms with van der Waals surface area (Å²) in [4.78, 5) is 30.6. The predicted molar refractivity (Wildman–Crippen MR) is 149 cm³/mol. The van der Waals surface area contributed by atoms with E-state index in [4.69, 9.17) is 4.74 Å². The zero-order chi connectivity index (χ0) is 26.4. The van der Waals surface area contributed by atoms with Gasteiger partial charge in [-0.15, -0.1) is 0 Å². The number of methoxy groups -OCH3 is 1. The molecule has 0 aliphatic heterocycles. The molecule has 37 heavy (non-hydrogen) atoms. The molecule has 1 N–H and O–H groups in total. The topological polar surface area (TPSA) is 61.9 Å². The van der Waals surface area contributed by atoms with Gasteiger partial charge in [-0.3, -0.25) is 9.59 Å². The molecule has 1 saturated carbocycles. The van der Waals surface area contributed by atoms with Gasteiger partial charge < -0.3 is 19.9 Å². The van der Waals surface area contributed by atoms with Crippen LogP contribution in [0.5, 0.6) is 5.75 Å². The van der Waals surface area contributed by atoms with E-state index in [1.54, 1.807) is 19.2 Å². The number of hydrogen-bond donors (Lipinski definition) is 1. The molecule has 0 radical (unpaired) electrons. The summed E-state index contributed by atoms with van der Waals surface area (Å²) in [5.74, 6) is 0.817. The third-order valence-corrected chi connectivity index (χ3v) is 7.24. The Morgan fingerprint density at radius 1 is 0.973 bits per heavy atom. The van der Waals surface area contributed by atoms with Gasteiger partial charge in [0.1, 0.15) is 5.75 Å². The first-order valence-corrected chi connectivity index (χ1v) is 13.0. The normalized spacial score (nSPS) is 14.2. The Hall–Kier alpha value is -3.80. The molecule has 0 spiro atoms. The number of ether oxygens (including phenoxy) is 1. The number of hydrogen-bond acceptors (Lipinski definition) is 4. The summed E-state index contributed by atoms with van der Waals surface area (Å²) in [6.45, 7) is 2.44. The summed E-state index contributed by atoms with van der Waals surface area (Å²) in [5, 5.41) is 3.12. The molecule has 194 valence electrons. The van der Waals surface area contributed by atoms with Gasteiger partial charge in [-0.05, 0) is 73.4 Å². The quantitative estimate of drug-likeness (QED) is 0.376. The molecule has 0 heterocycles. The lowest BCUT2D eigenvalue weighted by atomic mass is 10.0. The molecule has 0 aromatic heterocycles. The average molecular weight is 500 g/mol.